The molecule has 7 nitrogen and oxygen atoms in total. The van der Waals surface area contributed by atoms with Crippen LogP contribution in [-0.4, -0.2) is 34.3 Å². The molecule has 0 saturated carbocycles. The summed E-state index contributed by atoms with van der Waals surface area (Å²) in [5.41, 5.74) is 2.53. The highest BCUT2D eigenvalue weighted by Gasteiger charge is 2.19. The van der Waals surface area contributed by atoms with E-state index in [2.05, 4.69) is 4.98 Å². The van der Waals surface area contributed by atoms with E-state index in [4.69, 9.17) is 14.3 Å². The number of methoxy groups -OCH3 is 1. The fourth-order valence-electron chi connectivity index (χ4n) is 3.12. The number of rotatable bonds is 5. The van der Waals surface area contributed by atoms with E-state index < -0.39 is 11.7 Å². The van der Waals surface area contributed by atoms with Gasteiger partial charge in [-0.2, -0.15) is 4.98 Å². The van der Waals surface area contributed by atoms with E-state index in [9.17, 15) is 9.59 Å². The van der Waals surface area contributed by atoms with E-state index >= 15 is 0 Å². The van der Waals surface area contributed by atoms with Crippen molar-refractivity contribution in [2.24, 2.45) is 0 Å². The Balaban J connectivity index is 0.00000117. The maximum Gasteiger partial charge on any atom is 0.348 e. The van der Waals surface area contributed by atoms with Crippen molar-refractivity contribution in [1.29, 1.82) is 0 Å². The van der Waals surface area contributed by atoms with E-state index in [0.29, 0.717) is 41.1 Å². The molecular formula is C22H22N2O5. The smallest absolute Gasteiger partial charge is 0.348 e. The molecule has 0 aliphatic carbocycles. The number of benzene rings is 2. The summed E-state index contributed by atoms with van der Waals surface area (Å²) in [5, 5.41) is 9.89. The van der Waals surface area contributed by atoms with Gasteiger partial charge in [0.1, 0.15) is 16.8 Å². The average Bonchev–Trinajstić information content (AvgIpc) is 3.14. The van der Waals surface area contributed by atoms with Crippen LogP contribution in [0.25, 0.3) is 33.3 Å². The number of nitrogens with zero attached hydrogens (tertiary/aromatic N) is 2. The Morgan fingerprint density at radius 3 is 2.48 bits per heavy atom. The molecule has 1 N–H and O–H groups in total. The maximum atomic E-state index is 12.7. The zero-order valence-corrected chi connectivity index (χ0v) is 16.5. The Labute approximate surface area is 167 Å². The second-order valence-electron chi connectivity index (χ2n) is 6.05. The van der Waals surface area contributed by atoms with Crippen LogP contribution in [0.4, 0.5) is 0 Å². The average molecular weight is 394 g/mol. The largest absolute Gasteiger partial charge is 0.478 e. The third-order valence-electron chi connectivity index (χ3n) is 4.42. The van der Waals surface area contributed by atoms with Crippen LogP contribution < -0.4 is 5.69 Å². The molecule has 2 aromatic heterocycles. The summed E-state index contributed by atoms with van der Waals surface area (Å²) in [6.45, 7) is 4.71. The fraction of sp³-hybridized carbons (Fsp3) is 0.227. The van der Waals surface area contributed by atoms with E-state index in [1.165, 1.54) is 12.1 Å². The predicted molar refractivity (Wildman–Crippen MR) is 111 cm³/mol. The fourth-order valence-corrected chi connectivity index (χ4v) is 3.12. The summed E-state index contributed by atoms with van der Waals surface area (Å²) >= 11 is 0. The maximum absolute atomic E-state index is 12.7. The minimum Gasteiger partial charge on any atom is -0.478 e. The van der Waals surface area contributed by atoms with Crippen LogP contribution in [0.15, 0.2) is 57.7 Å². The van der Waals surface area contributed by atoms with Gasteiger partial charge in [0.15, 0.2) is 5.58 Å². The highest BCUT2D eigenvalue weighted by atomic mass is 16.5. The summed E-state index contributed by atoms with van der Waals surface area (Å²) in [4.78, 5) is 28.0. The Hall–Kier alpha value is -3.45. The minimum absolute atomic E-state index is 0.160. The third kappa shape index (κ3) is 3.77. The molecule has 0 atom stereocenters. The lowest BCUT2D eigenvalue weighted by atomic mass is 10.1. The van der Waals surface area contributed by atoms with Crippen molar-refractivity contribution < 1.29 is 19.1 Å². The van der Waals surface area contributed by atoms with Gasteiger partial charge in [-0.1, -0.05) is 38.1 Å². The zero-order valence-electron chi connectivity index (χ0n) is 16.5. The highest BCUT2D eigenvalue weighted by Crippen LogP contribution is 2.33. The minimum atomic E-state index is -1.02. The van der Waals surface area contributed by atoms with Crippen LogP contribution >= 0.6 is 0 Å². The van der Waals surface area contributed by atoms with Crippen LogP contribution in [0, 0.1) is 0 Å². The van der Waals surface area contributed by atoms with Gasteiger partial charge in [-0.3, -0.25) is 4.57 Å². The molecule has 2 heterocycles. The number of aromatic carboxylic acids is 1. The van der Waals surface area contributed by atoms with Crippen molar-refractivity contribution in [3.63, 3.8) is 0 Å². The van der Waals surface area contributed by atoms with E-state index in [1.54, 1.807) is 23.8 Å². The van der Waals surface area contributed by atoms with Gasteiger partial charge in [0.05, 0.1) is 18.7 Å². The number of ether oxygens (including phenoxy) is 1. The molecule has 0 aliphatic rings. The first-order valence-corrected chi connectivity index (χ1v) is 9.35. The lowest BCUT2D eigenvalue weighted by Crippen LogP contribution is -2.25. The van der Waals surface area contributed by atoms with Gasteiger partial charge < -0.3 is 14.3 Å². The van der Waals surface area contributed by atoms with Crippen molar-refractivity contribution in [1.82, 2.24) is 9.55 Å². The Bertz CT molecular complexity index is 1210. The Morgan fingerprint density at radius 2 is 1.83 bits per heavy atom. The van der Waals surface area contributed by atoms with E-state index in [-0.39, 0.29) is 5.56 Å². The number of furan rings is 1. The monoisotopic (exact) mass is 394 g/mol. The topological polar surface area (TPSA) is 94.6 Å². The SMILES string of the molecule is CC.COCCn1c(=O)nc(-c2ccc(C(=O)O)cc2)c2oc3ccccc3c21. The molecule has 0 unspecified atom stereocenters. The van der Waals surface area contributed by atoms with Crippen LogP contribution in [0.3, 0.4) is 0 Å². The van der Waals surface area contributed by atoms with E-state index in [1.807, 2.05) is 38.1 Å². The molecule has 7 heteroatoms. The quantitative estimate of drug-likeness (QED) is 0.546. The summed E-state index contributed by atoms with van der Waals surface area (Å²) in [5.74, 6) is -1.02. The van der Waals surface area contributed by atoms with E-state index in [0.717, 1.165) is 5.39 Å². The predicted octanol–water partition coefficient (Wildman–Crippen LogP) is 4.18. The zero-order chi connectivity index (χ0) is 21.0. The molecule has 0 bridgehead atoms. The molecule has 29 heavy (non-hydrogen) atoms. The summed E-state index contributed by atoms with van der Waals surface area (Å²) in [7, 11) is 1.57. The van der Waals surface area contributed by atoms with Gasteiger partial charge in [-0.05, 0) is 24.3 Å². The molecule has 0 saturated heterocycles. The number of hydrogen-bond acceptors (Lipinski definition) is 5. The molecule has 4 aromatic rings. The summed E-state index contributed by atoms with van der Waals surface area (Å²) < 4.78 is 12.7. The first-order valence-electron chi connectivity index (χ1n) is 9.35. The number of fused-ring (bicyclic) bond motifs is 3. The Kier molecular flexibility index (Phi) is 6.09. The van der Waals surface area contributed by atoms with Crippen LogP contribution in [-0.2, 0) is 11.3 Å². The van der Waals surface area contributed by atoms with Crippen LogP contribution in [0.2, 0.25) is 0 Å². The number of carbonyl (C=O) groups is 1. The lowest BCUT2D eigenvalue weighted by Gasteiger charge is -2.09. The normalized spacial score (nSPS) is 10.7. The van der Waals surface area contributed by atoms with Crippen molar-refractivity contribution in [3.05, 3.63) is 64.6 Å². The van der Waals surface area contributed by atoms with Gasteiger partial charge in [-0.15, -0.1) is 0 Å². The van der Waals surface area contributed by atoms with Crippen molar-refractivity contribution >= 4 is 28.0 Å². The molecule has 4 rings (SSSR count). The number of para-hydroxylation sites is 1. The molecule has 150 valence electrons. The van der Waals surface area contributed by atoms with Crippen LogP contribution in [0.1, 0.15) is 24.2 Å². The van der Waals surface area contributed by atoms with Crippen molar-refractivity contribution in [2.45, 2.75) is 20.4 Å². The molecule has 0 fully saturated rings. The third-order valence-corrected chi connectivity index (χ3v) is 4.42. The van der Waals surface area contributed by atoms with Gasteiger partial charge in [-0.25, -0.2) is 9.59 Å². The van der Waals surface area contributed by atoms with Gasteiger partial charge in [0.2, 0.25) is 0 Å². The molecular weight excluding hydrogens is 372 g/mol. The first kappa shape index (κ1) is 20.3. The lowest BCUT2D eigenvalue weighted by molar-refractivity contribution is 0.0697. The molecule has 0 amide bonds. The van der Waals surface area contributed by atoms with Gasteiger partial charge >= 0.3 is 11.7 Å². The highest BCUT2D eigenvalue weighted by molar-refractivity contribution is 6.06. The van der Waals surface area contributed by atoms with Gasteiger partial charge in [0, 0.05) is 18.1 Å². The molecule has 0 spiro atoms. The Morgan fingerprint density at radius 1 is 1.14 bits per heavy atom. The standard InChI is InChI=1S/C20H16N2O5.C2H6/c1-26-11-10-22-17-14-4-2-3-5-15(14)27-18(17)16(21-20(22)25)12-6-8-13(9-7-12)19(23)24;1-2/h2-9H,10-11H2,1H3,(H,23,24);1-2H3. The summed E-state index contributed by atoms with van der Waals surface area (Å²) in [6, 6.07) is 13.7. The number of aromatic nitrogens is 2. The first-order chi connectivity index (χ1) is 14.1. The number of hydrogen-bond donors (Lipinski definition) is 1. The second-order valence-corrected chi connectivity index (χ2v) is 6.05. The van der Waals surface area contributed by atoms with Crippen molar-refractivity contribution in [2.75, 3.05) is 13.7 Å². The number of carboxylic acids is 1. The molecule has 0 radical (unpaired) electrons. The van der Waals surface area contributed by atoms with Crippen molar-refractivity contribution in [3.8, 4) is 11.3 Å². The summed E-state index contributed by atoms with van der Waals surface area (Å²) in [6.07, 6.45) is 0. The van der Waals surface area contributed by atoms with Crippen LogP contribution in [0.5, 0.6) is 0 Å². The molecule has 2 aromatic carbocycles. The number of carboxylic acid groups (broad SMARTS) is 1. The molecule has 0 aliphatic heterocycles. The second kappa shape index (κ2) is 8.70. The van der Waals surface area contributed by atoms with Gasteiger partial charge in [0.25, 0.3) is 0 Å².